The molecule has 1 N–H and O–H groups in total. The number of para-hydroxylation sites is 2. The van der Waals surface area contributed by atoms with E-state index in [4.69, 9.17) is 4.74 Å². The maximum absolute atomic E-state index is 13.3. The van der Waals surface area contributed by atoms with Gasteiger partial charge in [-0.3, -0.25) is 13.9 Å². The van der Waals surface area contributed by atoms with Gasteiger partial charge >= 0.3 is 0 Å². The molecule has 0 aliphatic heterocycles. The lowest BCUT2D eigenvalue weighted by Crippen LogP contribution is -2.49. The van der Waals surface area contributed by atoms with Crippen LogP contribution in [0.25, 0.3) is 0 Å². The molecule has 0 saturated carbocycles. The van der Waals surface area contributed by atoms with Crippen molar-refractivity contribution >= 4 is 27.5 Å². The van der Waals surface area contributed by atoms with Gasteiger partial charge in [-0.15, -0.1) is 0 Å². The number of hydrogen-bond acceptors (Lipinski definition) is 5. The minimum Gasteiger partial charge on any atom is -0.495 e. The first-order valence-corrected chi connectivity index (χ1v) is 13.5. The van der Waals surface area contributed by atoms with E-state index >= 15 is 0 Å². The van der Waals surface area contributed by atoms with Gasteiger partial charge in [0.25, 0.3) is 0 Å². The Kier molecular flexibility index (Phi) is 10.1. The number of carbonyl (C=O) groups is 2. The summed E-state index contributed by atoms with van der Waals surface area (Å²) in [7, 11) is -2.12. The number of ether oxygens (including phenoxy) is 1. The third-order valence-electron chi connectivity index (χ3n) is 5.58. The first-order chi connectivity index (χ1) is 16.4. The van der Waals surface area contributed by atoms with Gasteiger partial charge in [-0.25, -0.2) is 8.42 Å². The van der Waals surface area contributed by atoms with E-state index in [1.165, 1.54) is 11.4 Å². The van der Waals surface area contributed by atoms with Crippen LogP contribution in [0.2, 0.25) is 0 Å². The molecule has 35 heavy (non-hydrogen) atoms. The average Bonchev–Trinajstić information content (AvgIpc) is 2.79. The number of nitrogens with one attached hydrogen (secondary N) is 1. The van der Waals surface area contributed by atoms with Gasteiger partial charge in [0.1, 0.15) is 11.8 Å². The molecule has 0 aliphatic carbocycles. The first-order valence-electron chi connectivity index (χ1n) is 11.7. The third-order valence-corrected chi connectivity index (χ3v) is 6.76. The average molecular weight is 504 g/mol. The van der Waals surface area contributed by atoms with Gasteiger partial charge < -0.3 is 15.0 Å². The van der Waals surface area contributed by atoms with Crippen molar-refractivity contribution in [2.45, 2.75) is 59.2 Å². The molecule has 0 aromatic heterocycles. The largest absolute Gasteiger partial charge is 0.495 e. The highest BCUT2D eigenvalue weighted by Gasteiger charge is 2.27. The molecule has 0 bridgehead atoms. The van der Waals surface area contributed by atoms with Crippen LogP contribution in [-0.2, 0) is 26.2 Å². The lowest BCUT2D eigenvalue weighted by atomic mass is 10.1. The number of hydrogen-bond donors (Lipinski definition) is 1. The Morgan fingerprint density at radius 1 is 1.03 bits per heavy atom. The van der Waals surface area contributed by atoms with E-state index in [-0.39, 0.29) is 43.8 Å². The maximum atomic E-state index is 13.3. The van der Waals surface area contributed by atoms with Crippen LogP contribution in [0, 0.1) is 6.92 Å². The van der Waals surface area contributed by atoms with Gasteiger partial charge in [0, 0.05) is 25.6 Å². The highest BCUT2D eigenvalue weighted by atomic mass is 32.2. The second-order valence-electron chi connectivity index (χ2n) is 8.96. The zero-order chi connectivity index (χ0) is 26.2. The van der Waals surface area contributed by atoms with E-state index in [1.54, 1.807) is 36.1 Å². The zero-order valence-electron chi connectivity index (χ0n) is 21.4. The molecule has 2 aromatic carbocycles. The van der Waals surface area contributed by atoms with E-state index < -0.39 is 16.1 Å². The first kappa shape index (κ1) is 28.2. The smallest absolute Gasteiger partial charge is 0.242 e. The molecule has 0 fully saturated rings. The van der Waals surface area contributed by atoms with E-state index in [0.29, 0.717) is 11.4 Å². The molecule has 1 atom stereocenters. The van der Waals surface area contributed by atoms with Crippen molar-refractivity contribution in [2.24, 2.45) is 0 Å². The monoisotopic (exact) mass is 503 g/mol. The van der Waals surface area contributed by atoms with Gasteiger partial charge in [-0.1, -0.05) is 42.0 Å². The summed E-state index contributed by atoms with van der Waals surface area (Å²) < 4.78 is 31.6. The van der Waals surface area contributed by atoms with E-state index in [9.17, 15) is 18.0 Å². The summed E-state index contributed by atoms with van der Waals surface area (Å²) in [6, 6.07) is 13.9. The zero-order valence-corrected chi connectivity index (χ0v) is 22.3. The summed E-state index contributed by atoms with van der Waals surface area (Å²) in [5, 5.41) is 2.87. The molecule has 192 valence electrons. The SMILES string of the molecule is COc1ccccc1N(CCCC(=O)N(Cc1ccc(C)cc1)[C@@H](C)C(=O)NC(C)C)S(C)(=O)=O. The topological polar surface area (TPSA) is 96.0 Å². The van der Waals surface area contributed by atoms with Crippen LogP contribution in [-0.4, -0.2) is 57.1 Å². The van der Waals surface area contributed by atoms with E-state index in [2.05, 4.69) is 5.32 Å². The molecular weight excluding hydrogens is 466 g/mol. The highest BCUT2D eigenvalue weighted by molar-refractivity contribution is 7.92. The molecule has 0 saturated heterocycles. The van der Waals surface area contributed by atoms with Gasteiger partial charge in [-0.2, -0.15) is 0 Å². The summed E-state index contributed by atoms with van der Waals surface area (Å²) in [4.78, 5) is 27.5. The van der Waals surface area contributed by atoms with Crippen molar-refractivity contribution in [1.82, 2.24) is 10.2 Å². The fraction of sp³-hybridized carbons (Fsp3) is 0.462. The number of carbonyl (C=O) groups excluding carboxylic acids is 2. The highest BCUT2D eigenvalue weighted by Crippen LogP contribution is 2.29. The second kappa shape index (κ2) is 12.6. The lowest BCUT2D eigenvalue weighted by molar-refractivity contribution is -0.140. The molecule has 0 spiro atoms. The van der Waals surface area contributed by atoms with Crippen LogP contribution >= 0.6 is 0 Å². The molecule has 0 heterocycles. The third kappa shape index (κ3) is 8.28. The number of benzene rings is 2. The molecule has 2 amide bonds. The number of sulfonamides is 1. The number of methoxy groups -OCH3 is 1. The standard InChI is InChI=1S/C26H37N3O5S/c1-19(2)27-26(31)21(4)28(18-22-15-13-20(3)14-16-22)25(30)12-9-17-29(35(6,32)33)23-10-7-8-11-24(23)34-5/h7-8,10-11,13-16,19,21H,9,12,17-18H2,1-6H3,(H,27,31)/t21-/m0/s1. The second-order valence-corrected chi connectivity index (χ2v) is 10.9. The van der Waals surface area contributed by atoms with Crippen LogP contribution in [0.1, 0.15) is 44.7 Å². The summed E-state index contributed by atoms with van der Waals surface area (Å²) in [5.74, 6) is -0.0121. The van der Waals surface area contributed by atoms with Crippen molar-refractivity contribution in [3.05, 3.63) is 59.7 Å². The van der Waals surface area contributed by atoms with Crippen LogP contribution in [0.4, 0.5) is 5.69 Å². The van der Waals surface area contributed by atoms with Crippen LogP contribution in [0.3, 0.4) is 0 Å². The molecule has 0 aliphatic rings. The maximum Gasteiger partial charge on any atom is 0.242 e. The number of amides is 2. The fourth-order valence-corrected chi connectivity index (χ4v) is 4.67. The Morgan fingerprint density at radius 2 is 1.66 bits per heavy atom. The van der Waals surface area contributed by atoms with Gasteiger partial charge in [-0.05, 0) is 51.8 Å². The van der Waals surface area contributed by atoms with Crippen molar-refractivity contribution in [1.29, 1.82) is 0 Å². The quantitative estimate of drug-likeness (QED) is 0.478. The lowest BCUT2D eigenvalue weighted by Gasteiger charge is -2.30. The Bertz CT molecular complexity index is 1100. The molecule has 0 radical (unpaired) electrons. The van der Waals surface area contributed by atoms with E-state index in [0.717, 1.165) is 17.4 Å². The molecular formula is C26H37N3O5S. The Labute approximate surface area is 209 Å². The predicted molar refractivity (Wildman–Crippen MR) is 139 cm³/mol. The molecule has 9 heteroatoms. The summed E-state index contributed by atoms with van der Waals surface area (Å²) >= 11 is 0. The minimum atomic E-state index is -3.60. The Balaban J connectivity index is 2.19. The number of anilines is 1. The van der Waals surface area contributed by atoms with Crippen molar-refractivity contribution in [3.63, 3.8) is 0 Å². The Morgan fingerprint density at radius 3 is 2.23 bits per heavy atom. The molecule has 8 nitrogen and oxygen atoms in total. The summed E-state index contributed by atoms with van der Waals surface area (Å²) in [6.07, 6.45) is 1.50. The van der Waals surface area contributed by atoms with Gasteiger partial charge in [0.15, 0.2) is 0 Å². The predicted octanol–water partition coefficient (Wildman–Crippen LogP) is 3.49. The normalized spacial score (nSPS) is 12.2. The molecule has 2 rings (SSSR count). The summed E-state index contributed by atoms with van der Waals surface area (Å²) in [6.45, 7) is 7.83. The minimum absolute atomic E-state index is 0.0505. The van der Waals surface area contributed by atoms with E-state index in [1.807, 2.05) is 45.0 Å². The van der Waals surface area contributed by atoms with Crippen LogP contribution in [0.5, 0.6) is 5.75 Å². The van der Waals surface area contributed by atoms with Crippen LogP contribution < -0.4 is 14.4 Å². The van der Waals surface area contributed by atoms with Gasteiger partial charge in [0.2, 0.25) is 21.8 Å². The number of nitrogens with zero attached hydrogens (tertiary/aromatic N) is 2. The van der Waals surface area contributed by atoms with Crippen molar-refractivity contribution in [3.8, 4) is 5.75 Å². The van der Waals surface area contributed by atoms with Crippen molar-refractivity contribution in [2.75, 3.05) is 24.2 Å². The molecule has 0 unspecified atom stereocenters. The Hall–Kier alpha value is -3.07. The fourth-order valence-electron chi connectivity index (χ4n) is 3.70. The van der Waals surface area contributed by atoms with Crippen molar-refractivity contribution < 1.29 is 22.7 Å². The summed E-state index contributed by atoms with van der Waals surface area (Å²) in [5.41, 5.74) is 2.44. The van der Waals surface area contributed by atoms with Gasteiger partial charge in [0.05, 0.1) is 19.1 Å². The van der Waals surface area contributed by atoms with Crippen LogP contribution in [0.15, 0.2) is 48.5 Å². The number of aryl methyl sites for hydroxylation is 1. The number of rotatable bonds is 12. The molecule has 2 aromatic rings.